The lowest BCUT2D eigenvalue weighted by Gasteiger charge is -2.37. The maximum atomic E-state index is 12.7. The largest absolute Gasteiger partial charge is 0.392 e. The first kappa shape index (κ1) is 15.5. The van der Waals surface area contributed by atoms with Crippen LogP contribution in [0.15, 0.2) is 29.2 Å². The molecule has 1 heterocycles. The summed E-state index contributed by atoms with van der Waals surface area (Å²) in [7, 11) is -3.51. The minimum absolute atomic E-state index is 0.00898. The van der Waals surface area contributed by atoms with Gasteiger partial charge in [-0.05, 0) is 38.3 Å². The van der Waals surface area contributed by atoms with E-state index in [1.165, 1.54) is 4.31 Å². The summed E-state index contributed by atoms with van der Waals surface area (Å²) in [5.41, 5.74) is 1.03. The lowest BCUT2D eigenvalue weighted by Crippen LogP contribution is -2.48. The average molecular weight is 297 g/mol. The minimum Gasteiger partial charge on any atom is -0.392 e. The SMILES string of the molecule is CCC[C@@H]1CC[C@@H](O)CN1S(=O)(=O)c1ccc(C)cc1. The molecule has 1 N–H and O–H groups in total. The van der Waals surface area contributed by atoms with Crippen molar-refractivity contribution in [3.8, 4) is 0 Å². The Morgan fingerprint density at radius 2 is 1.90 bits per heavy atom. The summed E-state index contributed by atoms with van der Waals surface area (Å²) >= 11 is 0. The van der Waals surface area contributed by atoms with Crippen molar-refractivity contribution in [1.29, 1.82) is 0 Å². The monoisotopic (exact) mass is 297 g/mol. The summed E-state index contributed by atoms with van der Waals surface area (Å²) < 4.78 is 27.0. The molecule has 4 nitrogen and oxygen atoms in total. The summed E-state index contributed by atoms with van der Waals surface area (Å²) in [6, 6.07) is 6.92. The van der Waals surface area contributed by atoms with Gasteiger partial charge in [-0.2, -0.15) is 4.31 Å². The third kappa shape index (κ3) is 3.22. The first-order chi connectivity index (χ1) is 9.45. The van der Waals surface area contributed by atoms with E-state index in [-0.39, 0.29) is 12.6 Å². The van der Waals surface area contributed by atoms with Gasteiger partial charge in [0.25, 0.3) is 0 Å². The Hall–Kier alpha value is -0.910. The number of benzene rings is 1. The van der Waals surface area contributed by atoms with Gasteiger partial charge < -0.3 is 5.11 Å². The Balaban J connectivity index is 2.31. The van der Waals surface area contributed by atoms with Crippen LogP contribution in [0.5, 0.6) is 0 Å². The lowest BCUT2D eigenvalue weighted by molar-refractivity contribution is 0.0779. The van der Waals surface area contributed by atoms with Gasteiger partial charge in [-0.15, -0.1) is 0 Å². The molecule has 112 valence electrons. The molecule has 1 aliphatic heterocycles. The van der Waals surface area contributed by atoms with Crippen LogP contribution in [0.25, 0.3) is 0 Å². The van der Waals surface area contributed by atoms with Crippen LogP contribution >= 0.6 is 0 Å². The quantitative estimate of drug-likeness (QED) is 0.928. The molecule has 0 unspecified atom stereocenters. The second kappa shape index (κ2) is 6.24. The molecule has 1 fully saturated rings. The number of aryl methyl sites for hydroxylation is 1. The minimum atomic E-state index is -3.51. The molecule has 1 aromatic carbocycles. The summed E-state index contributed by atoms with van der Waals surface area (Å²) in [6.07, 6.45) is 2.66. The molecule has 20 heavy (non-hydrogen) atoms. The Kier molecular flexibility index (Phi) is 4.83. The summed E-state index contributed by atoms with van der Waals surface area (Å²) in [5.74, 6) is 0. The van der Waals surface area contributed by atoms with E-state index < -0.39 is 16.1 Å². The van der Waals surface area contributed by atoms with Gasteiger partial charge in [0.1, 0.15) is 0 Å². The molecule has 0 aromatic heterocycles. The van der Waals surface area contributed by atoms with Crippen LogP contribution in [0, 0.1) is 6.92 Å². The number of hydrogen-bond donors (Lipinski definition) is 1. The Morgan fingerprint density at radius 3 is 2.50 bits per heavy atom. The van der Waals surface area contributed by atoms with Gasteiger partial charge in [-0.25, -0.2) is 8.42 Å². The zero-order chi connectivity index (χ0) is 14.8. The molecule has 0 amide bonds. The first-order valence-electron chi connectivity index (χ1n) is 7.21. The second-order valence-electron chi connectivity index (χ2n) is 5.56. The zero-order valence-corrected chi connectivity index (χ0v) is 12.9. The van der Waals surface area contributed by atoms with Gasteiger partial charge in [0.15, 0.2) is 0 Å². The van der Waals surface area contributed by atoms with Crippen molar-refractivity contribution in [2.75, 3.05) is 6.54 Å². The fourth-order valence-electron chi connectivity index (χ4n) is 2.74. The maximum absolute atomic E-state index is 12.7. The molecular formula is C15H23NO3S. The van der Waals surface area contributed by atoms with Gasteiger partial charge in [-0.1, -0.05) is 31.0 Å². The number of nitrogens with zero attached hydrogens (tertiary/aromatic N) is 1. The van der Waals surface area contributed by atoms with Crippen LogP contribution in [-0.2, 0) is 10.0 Å². The third-order valence-electron chi connectivity index (χ3n) is 3.88. The second-order valence-corrected chi connectivity index (χ2v) is 7.45. The van der Waals surface area contributed by atoms with Gasteiger partial charge >= 0.3 is 0 Å². The van der Waals surface area contributed by atoms with Gasteiger partial charge in [0.2, 0.25) is 10.0 Å². The molecule has 0 saturated carbocycles. The van der Waals surface area contributed by atoms with Crippen LogP contribution in [-0.4, -0.2) is 36.5 Å². The number of aliphatic hydroxyl groups is 1. The number of β-amino-alcohol motifs (C(OH)–C–C–N with tert-alkyl or cyclic N) is 1. The van der Waals surface area contributed by atoms with E-state index >= 15 is 0 Å². The Bertz CT molecular complexity index is 539. The highest BCUT2D eigenvalue weighted by Crippen LogP contribution is 2.28. The van der Waals surface area contributed by atoms with Crippen molar-refractivity contribution in [2.24, 2.45) is 0 Å². The number of aliphatic hydroxyl groups excluding tert-OH is 1. The molecule has 0 radical (unpaired) electrons. The van der Waals surface area contributed by atoms with Gasteiger partial charge in [0.05, 0.1) is 11.0 Å². The summed E-state index contributed by atoms with van der Waals surface area (Å²) in [4.78, 5) is 0.318. The predicted octanol–water partition coefficient (Wildman–Crippen LogP) is 2.31. The van der Waals surface area contributed by atoms with Crippen molar-refractivity contribution in [2.45, 2.75) is 56.6 Å². The van der Waals surface area contributed by atoms with Crippen LogP contribution in [0.1, 0.15) is 38.2 Å². The topological polar surface area (TPSA) is 57.6 Å². The normalized spacial score (nSPS) is 24.8. The van der Waals surface area contributed by atoms with Crippen molar-refractivity contribution in [3.05, 3.63) is 29.8 Å². The Morgan fingerprint density at radius 1 is 1.25 bits per heavy atom. The van der Waals surface area contributed by atoms with E-state index in [1.54, 1.807) is 12.1 Å². The van der Waals surface area contributed by atoms with E-state index in [0.717, 1.165) is 24.8 Å². The smallest absolute Gasteiger partial charge is 0.243 e. The van der Waals surface area contributed by atoms with Crippen LogP contribution in [0.3, 0.4) is 0 Å². The summed E-state index contributed by atoms with van der Waals surface area (Å²) in [6.45, 7) is 4.20. The molecule has 2 atom stereocenters. The predicted molar refractivity (Wildman–Crippen MR) is 79.0 cm³/mol. The van der Waals surface area contributed by atoms with Crippen LogP contribution < -0.4 is 0 Å². The average Bonchev–Trinajstić information content (AvgIpc) is 2.41. The first-order valence-corrected chi connectivity index (χ1v) is 8.65. The fourth-order valence-corrected chi connectivity index (χ4v) is 4.46. The van der Waals surface area contributed by atoms with E-state index in [1.807, 2.05) is 19.1 Å². The van der Waals surface area contributed by atoms with Crippen LogP contribution in [0.2, 0.25) is 0 Å². The molecule has 1 saturated heterocycles. The van der Waals surface area contributed by atoms with Gasteiger partial charge in [-0.3, -0.25) is 0 Å². The van der Waals surface area contributed by atoms with Gasteiger partial charge in [0, 0.05) is 12.6 Å². The van der Waals surface area contributed by atoms with E-state index in [4.69, 9.17) is 0 Å². The van der Waals surface area contributed by atoms with E-state index in [2.05, 4.69) is 6.92 Å². The molecular weight excluding hydrogens is 274 g/mol. The van der Waals surface area contributed by atoms with Crippen molar-refractivity contribution < 1.29 is 13.5 Å². The number of hydrogen-bond acceptors (Lipinski definition) is 3. The lowest BCUT2D eigenvalue weighted by atomic mass is 9.99. The van der Waals surface area contributed by atoms with Crippen molar-refractivity contribution >= 4 is 10.0 Å². The highest BCUT2D eigenvalue weighted by molar-refractivity contribution is 7.89. The highest BCUT2D eigenvalue weighted by Gasteiger charge is 2.35. The third-order valence-corrected chi connectivity index (χ3v) is 5.81. The molecule has 0 aliphatic carbocycles. The molecule has 1 aromatic rings. The Labute approximate surface area is 121 Å². The zero-order valence-electron chi connectivity index (χ0n) is 12.1. The number of piperidine rings is 1. The highest BCUT2D eigenvalue weighted by atomic mass is 32.2. The molecule has 1 aliphatic rings. The van der Waals surface area contributed by atoms with Crippen LogP contribution in [0.4, 0.5) is 0 Å². The molecule has 0 spiro atoms. The van der Waals surface area contributed by atoms with Crippen molar-refractivity contribution in [1.82, 2.24) is 4.31 Å². The van der Waals surface area contributed by atoms with E-state index in [9.17, 15) is 13.5 Å². The molecule has 5 heteroatoms. The number of rotatable bonds is 4. The number of sulfonamides is 1. The van der Waals surface area contributed by atoms with E-state index in [0.29, 0.717) is 11.3 Å². The fraction of sp³-hybridized carbons (Fsp3) is 0.600. The summed E-state index contributed by atoms with van der Waals surface area (Å²) in [5, 5.41) is 9.81. The standard InChI is InChI=1S/C15H23NO3S/c1-3-4-13-7-8-14(17)11-16(13)20(18,19)15-9-5-12(2)6-10-15/h5-6,9-10,13-14,17H,3-4,7-8,11H2,1-2H3/t13-,14-/m1/s1. The van der Waals surface area contributed by atoms with Crippen molar-refractivity contribution in [3.63, 3.8) is 0 Å². The maximum Gasteiger partial charge on any atom is 0.243 e. The molecule has 2 rings (SSSR count). The molecule has 0 bridgehead atoms.